The van der Waals surface area contributed by atoms with Crippen molar-refractivity contribution in [2.45, 2.75) is 31.5 Å². The monoisotopic (exact) mass is 186 g/mol. The molecule has 3 atom stereocenters. The van der Waals surface area contributed by atoms with E-state index in [1.165, 1.54) is 0 Å². The Balaban J connectivity index is 1.87. The van der Waals surface area contributed by atoms with Gasteiger partial charge >= 0.3 is 5.97 Å². The third kappa shape index (κ3) is 2.00. The van der Waals surface area contributed by atoms with Crippen LogP contribution in [0.1, 0.15) is 19.3 Å². The first-order valence-corrected chi connectivity index (χ1v) is 4.70. The zero-order valence-electron chi connectivity index (χ0n) is 7.44. The van der Waals surface area contributed by atoms with Gasteiger partial charge in [0.1, 0.15) is 0 Å². The molecule has 2 fully saturated rings. The molecule has 0 radical (unpaired) electrons. The summed E-state index contributed by atoms with van der Waals surface area (Å²) in [6, 6.07) is 0. The van der Waals surface area contributed by atoms with Crippen LogP contribution in [-0.4, -0.2) is 36.5 Å². The number of hydrogen-bond acceptors (Lipinski definition) is 3. The third-order valence-corrected chi connectivity index (χ3v) is 2.74. The molecule has 0 spiro atoms. The molecule has 4 heteroatoms. The number of aliphatic carboxylic acids is 1. The molecule has 0 saturated carbocycles. The summed E-state index contributed by atoms with van der Waals surface area (Å²) in [5.74, 6) is -0.345. The summed E-state index contributed by atoms with van der Waals surface area (Å²) in [6.45, 7) is 1.49. The lowest BCUT2D eigenvalue weighted by Crippen LogP contribution is -2.28. The Labute approximate surface area is 76.8 Å². The zero-order valence-corrected chi connectivity index (χ0v) is 7.44. The predicted octanol–water partition coefficient (Wildman–Crippen LogP) is 0.655. The highest BCUT2D eigenvalue weighted by Gasteiger charge is 2.37. The Morgan fingerprint density at radius 3 is 3.08 bits per heavy atom. The fourth-order valence-electron chi connectivity index (χ4n) is 2.14. The lowest BCUT2D eigenvalue weighted by Gasteiger charge is -2.23. The van der Waals surface area contributed by atoms with Gasteiger partial charge < -0.3 is 14.6 Å². The standard InChI is InChI=1S/C9H14O4/c10-9(11)4-7-3-6-5-12-2-1-8(6)13-7/h6-8H,1-5H2,(H,10,11). The van der Waals surface area contributed by atoms with Gasteiger partial charge in [-0.05, 0) is 12.8 Å². The number of carboxylic acid groups (broad SMARTS) is 1. The molecule has 13 heavy (non-hydrogen) atoms. The number of ether oxygens (including phenoxy) is 2. The molecule has 0 bridgehead atoms. The summed E-state index contributed by atoms with van der Waals surface area (Å²) in [5.41, 5.74) is 0. The smallest absolute Gasteiger partial charge is 0.305 e. The summed E-state index contributed by atoms with van der Waals surface area (Å²) >= 11 is 0. The fraction of sp³-hybridized carbons (Fsp3) is 0.889. The molecular formula is C9H14O4. The second kappa shape index (κ2) is 3.64. The average Bonchev–Trinajstić information content (AvgIpc) is 2.44. The van der Waals surface area contributed by atoms with Crippen molar-refractivity contribution in [2.75, 3.05) is 13.2 Å². The maximum absolute atomic E-state index is 10.4. The summed E-state index contributed by atoms with van der Waals surface area (Å²) in [4.78, 5) is 10.4. The van der Waals surface area contributed by atoms with Crippen molar-refractivity contribution < 1.29 is 19.4 Å². The first-order valence-electron chi connectivity index (χ1n) is 4.70. The Kier molecular flexibility index (Phi) is 2.51. The molecule has 74 valence electrons. The number of carbonyl (C=O) groups is 1. The van der Waals surface area contributed by atoms with E-state index < -0.39 is 5.97 Å². The maximum Gasteiger partial charge on any atom is 0.305 e. The Hall–Kier alpha value is -0.610. The van der Waals surface area contributed by atoms with Crippen molar-refractivity contribution >= 4 is 5.97 Å². The third-order valence-electron chi connectivity index (χ3n) is 2.74. The minimum Gasteiger partial charge on any atom is -0.481 e. The van der Waals surface area contributed by atoms with Crippen LogP contribution in [0.5, 0.6) is 0 Å². The molecule has 4 nitrogen and oxygen atoms in total. The molecule has 0 aromatic carbocycles. The normalized spacial score (nSPS) is 38.6. The zero-order chi connectivity index (χ0) is 9.26. The topological polar surface area (TPSA) is 55.8 Å². The Bertz CT molecular complexity index is 190. The molecule has 2 heterocycles. The van der Waals surface area contributed by atoms with Crippen molar-refractivity contribution in [3.63, 3.8) is 0 Å². The van der Waals surface area contributed by atoms with Crippen molar-refractivity contribution in [2.24, 2.45) is 5.92 Å². The van der Waals surface area contributed by atoms with Gasteiger partial charge in [-0.1, -0.05) is 0 Å². The van der Waals surface area contributed by atoms with Gasteiger partial charge in [0, 0.05) is 12.5 Å². The molecule has 2 aliphatic heterocycles. The van der Waals surface area contributed by atoms with Crippen LogP contribution in [0.2, 0.25) is 0 Å². The van der Waals surface area contributed by atoms with Gasteiger partial charge in [0.05, 0.1) is 25.2 Å². The number of carboxylic acids is 1. The number of rotatable bonds is 2. The van der Waals surface area contributed by atoms with Gasteiger partial charge in [0.25, 0.3) is 0 Å². The van der Waals surface area contributed by atoms with Gasteiger partial charge in [0.15, 0.2) is 0 Å². The van der Waals surface area contributed by atoms with E-state index in [1.807, 2.05) is 0 Å². The van der Waals surface area contributed by atoms with E-state index in [2.05, 4.69) is 0 Å². The maximum atomic E-state index is 10.4. The van der Waals surface area contributed by atoms with E-state index in [0.717, 1.165) is 26.1 Å². The number of hydrogen-bond donors (Lipinski definition) is 1. The minimum absolute atomic E-state index is 0.0887. The molecule has 1 N–H and O–H groups in total. The van der Waals surface area contributed by atoms with Gasteiger partial charge in [-0.15, -0.1) is 0 Å². The first-order chi connectivity index (χ1) is 6.25. The van der Waals surface area contributed by atoms with E-state index in [1.54, 1.807) is 0 Å². The molecule has 2 rings (SSSR count). The van der Waals surface area contributed by atoms with E-state index in [0.29, 0.717) is 5.92 Å². The van der Waals surface area contributed by atoms with Crippen LogP contribution in [0.15, 0.2) is 0 Å². The molecule has 0 aromatic rings. The van der Waals surface area contributed by atoms with Crippen molar-refractivity contribution in [3.05, 3.63) is 0 Å². The molecule has 0 amide bonds. The highest BCUT2D eigenvalue weighted by atomic mass is 16.5. The minimum atomic E-state index is -0.774. The highest BCUT2D eigenvalue weighted by Crippen LogP contribution is 2.32. The average molecular weight is 186 g/mol. The fourth-order valence-corrected chi connectivity index (χ4v) is 2.14. The van der Waals surface area contributed by atoms with Crippen LogP contribution in [0.3, 0.4) is 0 Å². The molecule has 0 aliphatic carbocycles. The van der Waals surface area contributed by atoms with Gasteiger partial charge in [-0.2, -0.15) is 0 Å². The Morgan fingerprint density at radius 2 is 2.38 bits per heavy atom. The summed E-state index contributed by atoms with van der Waals surface area (Å²) < 4.78 is 10.9. The van der Waals surface area contributed by atoms with Crippen LogP contribution in [0.4, 0.5) is 0 Å². The van der Waals surface area contributed by atoms with Crippen LogP contribution in [0, 0.1) is 5.92 Å². The lowest BCUT2D eigenvalue weighted by molar-refractivity contribution is -0.140. The molecule has 2 saturated heterocycles. The van der Waals surface area contributed by atoms with Crippen LogP contribution in [0.25, 0.3) is 0 Å². The van der Waals surface area contributed by atoms with Crippen molar-refractivity contribution in [3.8, 4) is 0 Å². The van der Waals surface area contributed by atoms with Crippen molar-refractivity contribution in [1.29, 1.82) is 0 Å². The molecule has 0 aromatic heterocycles. The van der Waals surface area contributed by atoms with E-state index in [4.69, 9.17) is 14.6 Å². The molecule has 3 unspecified atom stereocenters. The summed E-state index contributed by atoms with van der Waals surface area (Å²) in [5, 5.41) is 8.60. The van der Waals surface area contributed by atoms with Gasteiger partial charge in [0.2, 0.25) is 0 Å². The Morgan fingerprint density at radius 1 is 1.54 bits per heavy atom. The van der Waals surface area contributed by atoms with Crippen LogP contribution in [-0.2, 0) is 14.3 Å². The van der Waals surface area contributed by atoms with Crippen molar-refractivity contribution in [1.82, 2.24) is 0 Å². The predicted molar refractivity (Wildman–Crippen MR) is 44.5 cm³/mol. The van der Waals surface area contributed by atoms with Crippen LogP contribution >= 0.6 is 0 Å². The van der Waals surface area contributed by atoms with Gasteiger partial charge in [-0.25, -0.2) is 0 Å². The van der Waals surface area contributed by atoms with Crippen LogP contribution < -0.4 is 0 Å². The lowest BCUT2D eigenvalue weighted by atomic mass is 9.96. The summed E-state index contributed by atoms with van der Waals surface area (Å²) in [7, 11) is 0. The second-order valence-corrected chi connectivity index (χ2v) is 3.75. The second-order valence-electron chi connectivity index (χ2n) is 3.75. The number of fused-ring (bicyclic) bond motifs is 1. The van der Waals surface area contributed by atoms with E-state index in [-0.39, 0.29) is 18.6 Å². The highest BCUT2D eigenvalue weighted by molar-refractivity contribution is 5.67. The van der Waals surface area contributed by atoms with Gasteiger partial charge in [-0.3, -0.25) is 4.79 Å². The molecular weight excluding hydrogens is 172 g/mol. The SMILES string of the molecule is O=C(O)CC1CC2COCCC2O1. The quantitative estimate of drug-likeness (QED) is 0.688. The largest absolute Gasteiger partial charge is 0.481 e. The first kappa shape index (κ1) is 8.97. The summed E-state index contributed by atoms with van der Waals surface area (Å²) in [6.07, 6.45) is 2.05. The van der Waals surface area contributed by atoms with E-state index in [9.17, 15) is 4.79 Å². The van der Waals surface area contributed by atoms with E-state index >= 15 is 0 Å². The molecule has 2 aliphatic rings.